The van der Waals surface area contributed by atoms with Gasteiger partial charge in [-0.3, -0.25) is 9.59 Å². The van der Waals surface area contributed by atoms with E-state index in [9.17, 15) is 9.59 Å². The molecule has 0 radical (unpaired) electrons. The molecule has 0 aliphatic rings. The van der Waals surface area contributed by atoms with Crippen LogP contribution in [-0.4, -0.2) is 69.7 Å². The van der Waals surface area contributed by atoms with Gasteiger partial charge in [0.15, 0.2) is 0 Å². The minimum atomic E-state index is -0.583. The average Bonchev–Trinajstić information content (AvgIpc) is 2.68. The van der Waals surface area contributed by atoms with Gasteiger partial charge in [-0.05, 0) is 59.3 Å². The van der Waals surface area contributed by atoms with Crippen molar-refractivity contribution in [3.8, 4) is 0 Å². The Morgan fingerprint density at radius 2 is 1.63 bits per heavy atom. The molecule has 10 N–H and O–H groups in total. The summed E-state index contributed by atoms with van der Waals surface area (Å²) in [5.41, 5.74) is 12.7. The molecule has 0 saturated carbocycles. The number of nitrogens with one attached hydrogen (secondary N) is 4. The van der Waals surface area contributed by atoms with Gasteiger partial charge in [-0.1, -0.05) is 13.3 Å². The van der Waals surface area contributed by atoms with Crippen LogP contribution >= 0.6 is 0 Å². The molecule has 0 aliphatic heterocycles. The molecule has 0 aromatic heterocycles. The fraction of sp³-hybridized carbons (Fsp3) is 0.889. The molecule has 0 rings (SSSR count). The molecule has 0 aromatic rings. The third kappa shape index (κ3) is 17.9. The average molecular weight is 391 g/mol. The van der Waals surface area contributed by atoms with Crippen LogP contribution in [0.2, 0.25) is 1.41 Å². The lowest BCUT2D eigenvalue weighted by Crippen LogP contribution is -2.46. The lowest BCUT2D eigenvalue weighted by molar-refractivity contribution is -0.123. The lowest BCUT2D eigenvalue weighted by atomic mass is 10.1. The van der Waals surface area contributed by atoms with Crippen LogP contribution in [0.5, 0.6) is 0 Å². The van der Waals surface area contributed by atoms with Gasteiger partial charge in [0.25, 0.3) is 0 Å². The summed E-state index contributed by atoms with van der Waals surface area (Å²) >= 11 is 0. The summed E-state index contributed by atoms with van der Waals surface area (Å²) in [6, 6.07) is -0.689. The van der Waals surface area contributed by atoms with E-state index in [4.69, 9.17) is 12.9 Å². The van der Waals surface area contributed by atoms with Crippen LogP contribution < -0.4 is 38.5 Å². The summed E-state index contributed by atoms with van der Waals surface area (Å²) < 4.78 is 6.68. The Morgan fingerprint density at radius 1 is 0.963 bits per heavy atom. The van der Waals surface area contributed by atoms with Gasteiger partial charge in [-0.25, -0.2) is 0 Å². The SMILES string of the molecule is CCCCNCCC(NCCCN)C(=O)NCC.[2H]NC(CN)C(=O)NCC. The van der Waals surface area contributed by atoms with Gasteiger partial charge in [0.1, 0.15) is 1.41 Å². The number of hydrogen-bond donors (Lipinski definition) is 7. The van der Waals surface area contributed by atoms with E-state index in [2.05, 4.69) is 28.2 Å². The maximum absolute atomic E-state index is 11.8. The van der Waals surface area contributed by atoms with E-state index in [0.717, 1.165) is 32.5 Å². The van der Waals surface area contributed by atoms with Crippen LogP contribution in [0.3, 0.4) is 0 Å². The second kappa shape index (κ2) is 21.0. The highest BCUT2D eigenvalue weighted by molar-refractivity contribution is 5.82. The maximum Gasteiger partial charge on any atom is 0.238 e. The Morgan fingerprint density at radius 3 is 2.15 bits per heavy atom. The number of amides is 2. The van der Waals surface area contributed by atoms with Crippen molar-refractivity contribution in [3.63, 3.8) is 0 Å². The normalized spacial score (nSPS) is 13.0. The molecule has 2 unspecified atom stereocenters. The molecule has 0 fully saturated rings. The topological polar surface area (TPSA) is 160 Å². The van der Waals surface area contributed by atoms with Crippen molar-refractivity contribution in [1.82, 2.24) is 21.3 Å². The molecule has 0 aliphatic carbocycles. The molecule has 0 spiro atoms. The molecule has 2 atom stereocenters. The zero-order valence-electron chi connectivity index (χ0n) is 18.4. The van der Waals surface area contributed by atoms with Gasteiger partial charge in [0.2, 0.25) is 11.8 Å². The van der Waals surface area contributed by atoms with Gasteiger partial charge < -0.3 is 38.5 Å². The minimum absolute atomic E-state index is 0.0896. The van der Waals surface area contributed by atoms with Crippen LogP contribution in [0.25, 0.3) is 0 Å². The van der Waals surface area contributed by atoms with E-state index in [1.807, 2.05) is 19.6 Å². The summed E-state index contributed by atoms with van der Waals surface area (Å²) in [7, 11) is 0. The quantitative estimate of drug-likeness (QED) is 0.160. The van der Waals surface area contributed by atoms with E-state index in [1.54, 1.807) is 0 Å². The van der Waals surface area contributed by atoms with Crippen LogP contribution in [0.1, 0.15) is 46.5 Å². The molecule has 9 nitrogen and oxygen atoms in total. The number of carbonyl (C=O) groups is 2. The highest BCUT2D eigenvalue weighted by Crippen LogP contribution is 1.93. The number of nitrogens with two attached hydrogens (primary N) is 3. The van der Waals surface area contributed by atoms with E-state index in [1.165, 1.54) is 12.8 Å². The van der Waals surface area contributed by atoms with Gasteiger partial charge in [0.05, 0.1) is 12.1 Å². The number of unbranched alkanes of at least 4 members (excludes halogenated alkanes) is 1. The summed E-state index contributed by atoms with van der Waals surface area (Å²) in [6.45, 7) is 10.7. The first-order chi connectivity index (χ1) is 13.5. The van der Waals surface area contributed by atoms with Gasteiger partial charge in [-0.15, -0.1) is 0 Å². The highest BCUT2D eigenvalue weighted by Gasteiger charge is 2.15. The zero-order chi connectivity index (χ0) is 21.6. The van der Waals surface area contributed by atoms with Crippen molar-refractivity contribution in [2.24, 2.45) is 17.2 Å². The Hall–Kier alpha value is -1.26. The molecule has 0 heterocycles. The molecule has 162 valence electrons. The molecule has 0 saturated heterocycles. The largest absolute Gasteiger partial charge is 0.355 e. The van der Waals surface area contributed by atoms with Gasteiger partial charge in [0, 0.05) is 19.6 Å². The summed E-state index contributed by atoms with van der Waals surface area (Å²) in [5.74, 6) is -0.133. The Labute approximate surface area is 166 Å². The third-order valence-corrected chi connectivity index (χ3v) is 3.66. The van der Waals surface area contributed by atoms with Crippen molar-refractivity contribution in [3.05, 3.63) is 0 Å². The monoisotopic (exact) mass is 390 g/mol. The van der Waals surface area contributed by atoms with Crippen molar-refractivity contribution in [1.29, 1.82) is 0 Å². The Bertz CT molecular complexity index is 372. The first-order valence-electron chi connectivity index (χ1n) is 10.6. The highest BCUT2D eigenvalue weighted by atomic mass is 16.2. The van der Waals surface area contributed by atoms with E-state index in [-0.39, 0.29) is 24.4 Å². The van der Waals surface area contributed by atoms with Crippen LogP contribution in [0.4, 0.5) is 0 Å². The minimum Gasteiger partial charge on any atom is -0.355 e. The number of likely N-dealkylation sites (N-methyl/N-ethyl adjacent to an activating group) is 2. The molecule has 0 bridgehead atoms. The zero-order valence-corrected chi connectivity index (χ0v) is 17.4. The first-order valence-corrected chi connectivity index (χ1v) is 10.1. The summed E-state index contributed by atoms with van der Waals surface area (Å²) in [4.78, 5) is 22.7. The molecular formula is C18H43N7O2. The van der Waals surface area contributed by atoms with E-state index < -0.39 is 6.04 Å². The fourth-order valence-corrected chi connectivity index (χ4v) is 2.08. The number of carbonyl (C=O) groups excluding carboxylic acids is 2. The van der Waals surface area contributed by atoms with Gasteiger partial charge in [-0.2, -0.15) is 0 Å². The molecule has 2 amide bonds. The van der Waals surface area contributed by atoms with Crippen LogP contribution in [-0.2, 0) is 9.59 Å². The maximum atomic E-state index is 11.8. The molecule has 27 heavy (non-hydrogen) atoms. The second-order valence-corrected chi connectivity index (χ2v) is 6.12. The van der Waals surface area contributed by atoms with E-state index in [0.29, 0.717) is 19.6 Å². The van der Waals surface area contributed by atoms with Gasteiger partial charge >= 0.3 is 0 Å². The standard InChI is InChI=1S/C13H30N4O.C5H13N3O/c1-3-5-9-15-11-7-12(13(18)16-4-2)17-10-6-8-14;1-2-8-5(9)4(7)3-6/h12,15,17H,3-11,14H2,1-2H3,(H,16,18);4H,2-3,6-7H2,1H3,(H,8,9)/i/hD. The summed E-state index contributed by atoms with van der Waals surface area (Å²) in [5, 5.41) is 12.0. The molecule has 0 aromatic carbocycles. The van der Waals surface area contributed by atoms with Crippen molar-refractivity contribution < 1.29 is 11.0 Å². The van der Waals surface area contributed by atoms with Crippen LogP contribution in [0, 0.1) is 0 Å². The van der Waals surface area contributed by atoms with E-state index >= 15 is 0 Å². The number of hydrogen-bond acceptors (Lipinski definition) is 7. The van der Waals surface area contributed by atoms with Crippen molar-refractivity contribution in [2.45, 2.75) is 58.5 Å². The fourth-order valence-electron chi connectivity index (χ4n) is 2.08. The third-order valence-electron chi connectivity index (χ3n) is 3.66. The Kier molecular flexibility index (Phi) is 20.1. The van der Waals surface area contributed by atoms with Crippen LogP contribution in [0.15, 0.2) is 0 Å². The summed E-state index contributed by atoms with van der Waals surface area (Å²) in [6.07, 6.45) is 4.10. The molecular weight excluding hydrogens is 346 g/mol. The van der Waals surface area contributed by atoms with Crippen molar-refractivity contribution >= 4 is 11.8 Å². The molecule has 9 heteroatoms. The predicted molar refractivity (Wildman–Crippen MR) is 112 cm³/mol. The predicted octanol–water partition coefficient (Wildman–Crippen LogP) is -1.38. The van der Waals surface area contributed by atoms with Crippen molar-refractivity contribution in [2.75, 3.05) is 45.8 Å². The smallest absolute Gasteiger partial charge is 0.238 e. The lowest BCUT2D eigenvalue weighted by Gasteiger charge is -2.18. The Balaban J connectivity index is 0. The first kappa shape index (κ1) is 25.7. The number of rotatable bonds is 16. The second-order valence-electron chi connectivity index (χ2n) is 6.12.